The highest BCUT2D eigenvalue weighted by Crippen LogP contribution is 2.30. The normalized spacial score (nSPS) is 11.8. The second-order valence-electron chi connectivity index (χ2n) is 8.54. The van der Waals surface area contributed by atoms with E-state index in [2.05, 4.69) is 8.75 Å². The van der Waals surface area contributed by atoms with Crippen molar-refractivity contribution >= 4 is 51.4 Å². The van der Waals surface area contributed by atoms with Gasteiger partial charge in [0.2, 0.25) is 0 Å². The van der Waals surface area contributed by atoms with Gasteiger partial charge < -0.3 is 9.84 Å². The number of thiophene rings is 1. The number of aliphatic carboxylic acids is 1. The second-order valence-corrected chi connectivity index (χ2v) is 9.98. The number of benzene rings is 3. The molecule has 0 spiro atoms. The van der Waals surface area contributed by atoms with E-state index in [4.69, 9.17) is 4.74 Å². The fourth-order valence-electron chi connectivity index (χ4n) is 3.99. The molecule has 0 fully saturated rings. The highest BCUT2D eigenvalue weighted by Gasteiger charge is 2.25. The van der Waals surface area contributed by atoms with Crippen LogP contribution in [0.15, 0.2) is 89.8 Å². The molecule has 5 rings (SSSR count). The molecule has 0 aliphatic carbocycles. The van der Waals surface area contributed by atoms with Gasteiger partial charge in [-0.25, -0.2) is 4.79 Å². The van der Waals surface area contributed by atoms with Gasteiger partial charge in [0.1, 0.15) is 23.4 Å². The van der Waals surface area contributed by atoms with E-state index in [1.165, 1.54) is 11.3 Å². The molecule has 1 N–H and O–H groups in total. The highest BCUT2D eigenvalue weighted by atomic mass is 32.1. The van der Waals surface area contributed by atoms with Gasteiger partial charge in [0, 0.05) is 12.0 Å². The summed E-state index contributed by atoms with van der Waals surface area (Å²) in [6, 6.07) is 24.1. The molecule has 5 aromatic rings. The summed E-state index contributed by atoms with van der Waals surface area (Å²) in [4.78, 5) is 26.7. The van der Waals surface area contributed by atoms with Crippen molar-refractivity contribution in [3.8, 4) is 5.75 Å². The Balaban J connectivity index is 1.50. The summed E-state index contributed by atoms with van der Waals surface area (Å²) >= 11 is 2.38. The van der Waals surface area contributed by atoms with Crippen LogP contribution in [0.5, 0.6) is 5.75 Å². The van der Waals surface area contributed by atoms with Gasteiger partial charge in [0.15, 0.2) is 5.78 Å². The van der Waals surface area contributed by atoms with Crippen molar-refractivity contribution in [3.63, 3.8) is 0 Å². The van der Waals surface area contributed by atoms with Crippen molar-refractivity contribution in [3.05, 3.63) is 117 Å². The largest absolute Gasteiger partial charge is 0.489 e. The first-order valence-corrected chi connectivity index (χ1v) is 13.1. The zero-order valence-electron chi connectivity index (χ0n) is 19.9. The number of allylic oxidation sites excluding steroid dienone is 1. The summed E-state index contributed by atoms with van der Waals surface area (Å²) < 4.78 is 14.3. The van der Waals surface area contributed by atoms with E-state index in [0.29, 0.717) is 33.8 Å². The Morgan fingerprint density at radius 1 is 0.892 bits per heavy atom. The van der Waals surface area contributed by atoms with Crippen LogP contribution in [-0.4, -0.2) is 25.6 Å². The summed E-state index contributed by atoms with van der Waals surface area (Å²) in [5, 5.41) is 12.1. The molecule has 0 saturated carbocycles. The number of hydrogen-bond donors (Lipinski definition) is 1. The summed E-state index contributed by atoms with van der Waals surface area (Å²) in [6.45, 7) is 2.35. The number of carbonyl (C=O) groups is 2. The van der Waals surface area contributed by atoms with E-state index in [1.807, 2.05) is 66.9 Å². The van der Waals surface area contributed by atoms with Gasteiger partial charge in [0.05, 0.1) is 22.2 Å². The van der Waals surface area contributed by atoms with Crippen LogP contribution in [0.4, 0.5) is 0 Å². The number of Topliss-reactive ketones (excluding diaryl/α,β-unsaturated/α-hetero) is 1. The van der Waals surface area contributed by atoms with Gasteiger partial charge in [-0.1, -0.05) is 48.5 Å². The van der Waals surface area contributed by atoms with E-state index in [0.717, 1.165) is 28.4 Å². The smallest absolute Gasteiger partial charge is 0.336 e. The van der Waals surface area contributed by atoms with E-state index in [9.17, 15) is 14.7 Å². The first kappa shape index (κ1) is 24.5. The minimum Gasteiger partial charge on any atom is -0.489 e. The maximum atomic E-state index is 13.7. The third-order valence-electron chi connectivity index (χ3n) is 5.84. The van der Waals surface area contributed by atoms with Crippen LogP contribution < -0.4 is 4.74 Å². The van der Waals surface area contributed by atoms with Crippen LogP contribution in [0.3, 0.4) is 0 Å². The number of carboxylic acids is 1. The highest BCUT2D eigenvalue weighted by molar-refractivity contribution is 7.12. The Bertz CT molecular complexity index is 1600. The number of ketones is 1. The van der Waals surface area contributed by atoms with E-state index in [-0.39, 0.29) is 23.4 Å². The number of fused-ring (bicyclic) bond motifs is 1. The number of ether oxygens (including phenoxy) is 1. The van der Waals surface area contributed by atoms with E-state index in [1.54, 1.807) is 24.3 Å². The lowest BCUT2D eigenvalue weighted by atomic mass is 9.91. The molecule has 8 heteroatoms. The molecule has 37 heavy (non-hydrogen) atoms. The second kappa shape index (κ2) is 10.9. The Morgan fingerprint density at radius 3 is 2.35 bits per heavy atom. The zero-order chi connectivity index (χ0) is 25.8. The Hall–Kier alpha value is -4.14. The first-order valence-electron chi connectivity index (χ1n) is 11.5. The van der Waals surface area contributed by atoms with Gasteiger partial charge in [-0.2, -0.15) is 8.75 Å². The topological polar surface area (TPSA) is 89.4 Å². The van der Waals surface area contributed by atoms with E-state index < -0.39 is 5.97 Å². The Labute approximate surface area is 221 Å². The standard InChI is InChI=1S/C29H22N2O4S2/c1-18-13-26(36-17-18)28(32)23(27(29(33)34)21-9-12-24-25(15-21)31-37-30-24)14-19-7-10-22(11-8-19)35-16-20-5-3-2-4-6-20/h2-13,15,17H,14,16H2,1H3,(H,33,34). The van der Waals surface area contributed by atoms with Crippen molar-refractivity contribution in [2.45, 2.75) is 20.0 Å². The number of aryl methyl sites for hydroxylation is 1. The van der Waals surface area contributed by atoms with E-state index >= 15 is 0 Å². The molecule has 0 aliphatic rings. The minimum absolute atomic E-state index is 0.0321. The van der Waals surface area contributed by atoms with Crippen LogP contribution in [0.1, 0.15) is 31.9 Å². The van der Waals surface area contributed by atoms with Crippen LogP contribution in [0.2, 0.25) is 0 Å². The molecule has 0 unspecified atom stereocenters. The van der Waals surface area contributed by atoms with Gasteiger partial charge >= 0.3 is 5.97 Å². The molecule has 0 saturated heterocycles. The Kier molecular flexibility index (Phi) is 7.20. The zero-order valence-corrected chi connectivity index (χ0v) is 21.5. The fraction of sp³-hybridized carbons (Fsp3) is 0.103. The maximum Gasteiger partial charge on any atom is 0.336 e. The molecule has 2 heterocycles. The lowest BCUT2D eigenvalue weighted by molar-refractivity contribution is -0.130. The predicted octanol–water partition coefficient (Wildman–Crippen LogP) is 6.60. The first-order chi connectivity index (χ1) is 18.0. The molecule has 3 aromatic carbocycles. The van der Waals surface area contributed by atoms with Crippen molar-refractivity contribution in [2.75, 3.05) is 0 Å². The quantitative estimate of drug-likeness (QED) is 0.172. The predicted molar refractivity (Wildman–Crippen MR) is 146 cm³/mol. The number of rotatable bonds is 9. The third-order valence-corrected chi connectivity index (χ3v) is 7.44. The molecular formula is C29H22N2O4S2. The average Bonchev–Trinajstić information content (AvgIpc) is 3.56. The number of aromatic nitrogens is 2. The van der Waals surface area contributed by atoms with Crippen molar-refractivity contribution < 1.29 is 19.4 Å². The van der Waals surface area contributed by atoms with Crippen LogP contribution in [0.25, 0.3) is 16.6 Å². The molecule has 2 aromatic heterocycles. The van der Waals surface area contributed by atoms with Gasteiger partial charge in [0.25, 0.3) is 0 Å². The number of carboxylic acid groups (broad SMARTS) is 1. The number of nitrogens with zero attached hydrogens (tertiary/aromatic N) is 2. The number of carbonyl (C=O) groups excluding carboxylic acids is 1. The van der Waals surface area contributed by atoms with Gasteiger partial charge in [-0.3, -0.25) is 4.79 Å². The summed E-state index contributed by atoms with van der Waals surface area (Å²) in [7, 11) is 0. The molecule has 0 bridgehead atoms. The number of hydrogen-bond acceptors (Lipinski definition) is 7. The molecule has 184 valence electrons. The SMILES string of the molecule is Cc1csc(C(=O)C(Cc2ccc(OCc3ccccc3)cc2)=C(C(=O)O)c2ccc3nsnc3c2)c1. The molecule has 6 nitrogen and oxygen atoms in total. The summed E-state index contributed by atoms with van der Waals surface area (Å²) in [5.41, 5.74) is 4.72. The minimum atomic E-state index is -1.16. The van der Waals surface area contributed by atoms with Gasteiger partial charge in [-0.15, -0.1) is 11.3 Å². The van der Waals surface area contributed by atoms with Crippen molar-refractivity contribution in [2.24, 2.45) is 0 Å². The maximum absolute atomic E-state index is 13.7. The lowest BCUT2D eigenvalue weighted by Gasteiger charge is -2.13. The van der Waals surface area contributed by atoms with Crippen LogP contribution in [0, 0.1) is 6.92 Å². The monoisotopic (exact) mass is 526 g/mol. The molecule has 0 atom stereocenters. The molecule has 0 aliphatic heterocycles. The van der Waals surface area contributed by atoms with Gasteiger partial charge in [-0.05, 0) is 64.9 Å². The van der Waals surface area contributed by atoms with Crippen LogP contribution in [-0.2, 0) is 17.8 Å². The molecular weight excluding hydrogens is 504 g/mol. The summed E-state index contributed by atoms with van der Waals surface area (Å²) in [5.74, 6) is -0.767. The van der Waals surface area contributed by atoms with Crippen molar-refractivity contribution in [1.29, 1.82) is 0 Å². The lowest BCUT2D eigenvalue weighted by Crippen LogP contribution is -2.13. The summed E-state index contributed by atoms with van der Waals surface area (Å²) in [6.07, 6.45) is 0.156. The fourth-order valence-corrected chi connectivity index (χ4v) is 5.38. The van der Waals surface area contributed by atoms with Crippen molar-refractivity contribution in [1.82, 2.24) is 8.75 Å². The Morgan fingerprint density at radius 2 is 1.65 bits per heavy atom. The van der Waals surface area contributed by atoms with Crippen LogP contribution >= 0.6 is 23.1 Å². The molecule has 0 radical (unpaired) electrons. The molecule has 0 amide bonds. The average molecular weight is 527 g/mol. The third kappa shape index (κ3) is 5.66.